The summed E-state index contributed by atoms with van der Waals surface area (Å²) in [5, 5.41) is 8.76. The van der Waals surface area contributed by atoms with Gasteiger partial charge < -0.3 is 25.4 Å². The van der Waals surface area contributed by atoms with E-state index in [2.05, 4.69) is 0 Å². The van der Waals surface area contributed by atoms with Crippen molar-refractivity contribution in [1.82, 2.24) is 9.80 Å². The predicted molar refractivity (Wildman–Crippen MR) is 67.9 cm³/mol. The molecule has 2 saturated heterocycles. The molecule has 0 aromatic rings. The Bertz CT molecular complexity index is 414. The van der Waals surface area contributed by atoms with Crippen LogP contribution in [0, 0.1) is 0 Å². The number of hydrogen-bond acceptors (Lipinski definition) is 4. The number of hydrogen-bond donors (Lipinski definition) is 2. The Morgan fingerprint density at radius 2 is 2.05 bits per heavy atom. The summed E-state index contributed by atoms with van der Waals surface area (Å²) in [5.74, 6) is -1.45. The number of likely N-dealkylation sites (tertiary alicyclic amines) is 1. The number of carbonyl (C=O) groups excluding carboxylic acids is 2. The van der Waals surface area contributed by atoms with E-state index in [1.54, 1.807) is 4.90 Å². The quantitative estimate of drug-likeness (QED) is 0.707. The number of carboxylic acids is 1. The molecule has 2 unspecified atom stereocenters. The maximum Gasteiger partial charge on any atom is 0.320 e. The van der Waals surface area contributed by atoms with Gasteiger partial charge >= 0.3 is 12.0 Å². The Morgan fingerprint density at radius 3 is 2.70 bits per heavy atom. The first kappa shape index (κ1) is 14.6. The van der Waals surface area contributed by atoms with E-state index in [9.17, 15) is 14.4 Å². The molecule has 8 heteroatoms. The third-order valence-corrected chi connectivity index (χ3v) is 3.64. The Labute approximate surface area is 116 Å². The van der Waals surface area contributed by atoms with Crippen LogP contribution in [-0.2, 0) is 14.3 Å². The Kier molecular flexibility index (Phi) is 4.43. The number of urea groups is 1. The van der Waals surface area contributed by atoms with Gasteiger partial charge in [-0.2, -0.15) is 0 Å². The standard InChI is InChI=1S/C12H19N3O5/c13-11(18)9-2-1-3-15(9)12(19)14-4-5-20-8(7-14)6-10(16)17/h8-9H,1-7H2,(H2,13,18)(H,16,17). The lowest BCUT2D eigenvalue weighted by molar-refractivity contribution is -0.141. The largest absolute Gasteiger partial charge is 0.481 e. The van der Waals surface area contributed by atoms with Crippen molar-refractivity contribution in [2.45, 2.75) is 31.4 Å². The molecular formula is C12H19N3O5. The Hall–Kier alpha value is -1.83. The van der Waals surface area contributed by atoms with Crippen LogP contribution in [0.3, 0.4) is 0 Å². The highest BCUT2D eigenvalue weighted by Crippen LogP contribution is 2.20. The average Bonchev–Trinajstić information content (AvgIpc) is 2.86. The monoisotopic (exact) mass is 285 g/mol. The zero-order valence-corrected chi connectivity index (χ0v) is 11.2. The number of carboxylic acid groups (broad SMARTS) is 1. The summed E-state index contributed by atoms with van der Waals surface area (Å²) in [6, 6.07) is -0.812. The maximum absolute atomic E-state index is 12.4. The minimum absolute atomic E-state index is 0.136. The number of aliphatic carboxylic acids is 1. The first-order valence-corrected chi connectivity index (χ1v) is 6.67. The van der Waals surface area contributed by atoms with Crippen LogP contribution >= 0.6 is 0 Å². The molecule has 0 aromatic heterocycles. The number of primary amides is 1. The molecule has 0 aliphatic carbocycles. The van der Waals surface area contributed by atoms with Gasteiger partial charge in [0.25, 0.3) is 0 Å². The minimum atomic E-state index is -0.958. The molecule has 2 fully saturated rings. The lowest BCUT2D eigenvalue weighted by atomic mass is 10.2. The summed E-state index contributed by atoms with van der Waals surface area (Å²) in [7, 11) is 0. The zero-order valence-electron chi connectivity index (χ0n) is 11.2. The van der Waals surface area contributed by atoms with Crippen molar-refractivity contribution in [3.05, 3.63) is 0 Å². The van der Waals surface area contributed by atoms with E-state index < -0.39 is 24.0 Å². The van der Waals surface area contributed by atoms with Gasteiger partial charge in [-0.15, -0.1) is 0 Å². The van der Waals surface area contributed by atoms with Crippen LogP contribution in [0.5, 0.6) is 0 Å². The topological polar surface area (TPSA) is 113 Å². The van der Waals surface area contributed by atoms with Gasteiger partial charge in [0, 0.05) is 19.6 Å². The van der Waals surface area contributed by atoms with Crippen LogP contribution in [0.2, 0.25) is 0 Å². The normalized spacial score (nSPS) is 26.6. The molecule has 0 radical (unpaired) electrons. The third kappa shape index (κ3) is 3.19. The van der Waals surface area contributed by atoms with E-state index in [4.69, 9.17) is 15.6 Å². The highest BCUT2D eigenvalue weighted by Gasteiger charge is 2.36. The molecule has 0 bridgehead atoms. The molecule has 3 N–H and O–H groups in total. The number of morpholine rings is 1. The third-order valence-electron chi connectivity index (χ3n) is 3.64. The molecule has 8 nitrogen and oxygen atoms in total. The van der Waals surface area contributed by atoms with Gasteiger partial charge in [-0.1, -0.05) is 0 Å². The fourth-order valence-electron chi connectivity index (χ4n) is 2.68. The van der Waals surface area contributed by atoms with Gasteiger partial charge in [-0.25, -0.2) is 4.79 Å². The molecule has 112 valence electrons. The van der Waals surface area contributed by atoms with Gasteiger partial charge in [0.2, 0.25) is 5.91 Å². The Balaban J connectivity index is 1.97. The van der Waals surface area contributed by atoms with Crippen molar-refractivity contribution in [2.24, 2.45) is 5.73 Å². The minimum Gasteiger partial charge on any atom is -0.481 e. The average molecular weight is 285 g/mol. The van der Waals surface area contributed by atoms with Crippen molar-refractivity contribution in [2.75, 3.05) is 26.2 Å². The van der Waals surface area contributed by atoms with Crippen LogP contribution in [0.1, 0.15) is 19.3 Å². The van der Waals surface area contributed by atoms with Crippen molar-refractivity contribution < 1.29 is 24.2 Å². The van der Waals surface area contributed by atoms with Crippen LogP contribution in [0.4, 0.5) is 4.79 Å². The molecule has 2 aliphatic rings. The van der Waals surface area contributed by atoms with E-state index in [0.717, 1.165) is 6.42 Å². The highest BCUT2D eigenvalue weighted by atomic mass is 16.5. The smallest absolute Gasteiger partial charge is 0.320 e. The van der Waals surface area contributed by atoms with Crippen molar-refractivity contribution in [1.29, 1.82) is 0 Å². The van der Waals surface area contributed by atoms with Gasteiger partial charge in [0.15, 0.2) is 0 Å². The molecule has 3 amide bonds. The molecule has 2 heterocycles. The van der Waals surface area contributed by atoms with E-state index in [0.29, 0.717) is 26.1 Å². The second-order valence-electron chi connectivity index (χ2n) is 5.07. The summed E-state index contributed by atoms with van der Waals surface area (Å²) in [6.45, 7) is 1.44. The molecule has 0 aromatic carbocycles. The predicted octanol–water partition coefficient (Wildman–Crippen LogP) is -0.768. The van der Waals surface area contributed by atoms with Crippen molar-refractivity contribution >= 4 is 17.9 Å². The number of nitrogens with two attached hydrogens (primary N) is 1. The van der Waals surface area contributed by atoms with Crippen LogP contribution in [-0.4, -0.2) is 71.2 Å². The number of amides is 3. The summed E-state index contributed by atoms with van der Waals surface area (Å²) in [4.78, 5) is 37.4. The van der Waals surface area contributed by atoms with Gasteiger partial charge in [-0.05, 0) is 12.8 Å². The van der Waals surface area contributed by atoms with Crippen LogP contribution < -0.4 is 5.73 Å². The van der Waals surface area contributed by atoms with E-state index >= 15 is 0 Å². The van der Waals surface area contributed by atoms with Crippen LogP contribution in [0.15, 0.2) is 0 Å². The molecule has 2 atom stereocenters. The van der Waals surface area contributed by atoms with Gasteiger partial charge in [-0.3, -0.25) is 9.59 Å². The highest BCUT2D eigenvalue weighted by molar-refractivity contribution is 5.86. The zero-order chi connectivity index (χ0) is 14.7. The first-order chi connectivity index (χ1) is 9.49. The molecule has 0 spiro atoms. The molecule has 2 aliphatic heterocycles. The van der Waals surface area contributed by atoms with E-state index in [-0.39, 0.29) is 19.0 Å². The van der Waals surface area contributed by atoms with Crippen molar-refractivity contribution in [3.8, 4) is 0 Å². The van der Waals surface area contributed by atoms with Crippen molar-refractivity contribution in [3.63, 3.8) is 0 Å². The molecule has 2 rings (SSSR count). The summed E-state index contributed by atoms with van der Waals surface area (Å²) in [5.41, 5.74) is 5.29. The lowest BCUT2D eigenvalue weighted by Crippen LogP contribution is -2.54. The fourth-order valence-corrected chi connectivity index (χ4v) is 2.68. The Morgan fingerprint density at radius 1 is 1.30 bits per heavy atom. The second-order valence-corrected chi connectivity index (χ2v) is 5.07. The number of ether oxygens (including phenoxy) is 1. The molecular weight excluding hydrogens is 266 g/mol. The number of carbonyl (C=O) groups is 3. The number of nitrogens with zero attached hydrogens (tertiary/aromatic N) is 2. The fraction of sp³-hybridized carbons (Fsp3) is 0.750. The van der Waals surface area contributed by atoms with Crippen LogP contribution in [0.25, 0.3) is 0 Å². The van der Waals surface area contributed by atoms with E-state index in [1.165, 1.54) is 4.90 Å². The first-order valence-electron chi connectivity index (χ1n) is 6.67. The van der Waals surface area contributed by atoms with Gasteiger partial charge in [0.1, 0.15) is 6.04 Å². The summed E-state index contributed by atoms with van der Waals surface area (Å²) < 4.78 is 5.32. The molecule has 20 heavy (non-hydrogen) atoms. The SMILES string of the molecule is NC(=O)C1CCCN1C(=O)N1CCOC(CC(=O)O)C1. The second kappa shape index (κ2) is 6.08. The van der Waals surface area contributed by atoms with E-state index in [1.807, 2.05) is 0 Å². The molecule has 0 saturated carbocycles. The summed E-state index contributed by atoms with van der Waals surface area (Å²) >= 11 is 0. The maximum atomic E-state index is 12.4. The number of rotatable bonds is 3. The summed E-state index contributed by atoms with van der Waals surface area (Å²) in [6.07, 6.45) is 0.703. The lowest BCUT2D eigenvalue weighted by Gasteiger charge is -2.36. The van der Waals surface area contributed by atoms with Gasteiger partial charge in [0.05, 0.1) is 19.1 Å².